The van der Waals surface area contributed by atoms with E-state index in [1.807, 2.05) is 0 Å². The number of nitrogens with one attached hydrogen (secondary N) is 1. The minimum absolute atomic E-state index is 0.00780. The molecule has 10 rings (SSSR count). The van der Waals surface area contributed by atoms with Crippen molar-refractivity contribution in [2.24, 2.45) is 23.2 Å². The zero-order valence-corrected chi connectivity index (χ0v) is 28.2. The SMILES string of the molecule is Nc1nc2c(-c3c(Cl)cc4c(N5CC6CC7C(C5)C[C@]7(C(=O)[C@@H]5CN5)C6)nc(OC[C@@]56CCCN5C[C@H](F)C6)nc4c3F)ccc(F)c2s1. The number of rotatable bonds is 7. The molecule has 2 bridgehead atoms. The summed E-state index contributed by atoms with van der Waals surface area (Å²) in [5, 5.41) is 3.94. The molecule has 4 aliphatic heterocycles. The number of ketones is 1. The third kappa shape index (κ3) is 4.50. The lowest BCUT2D eigenvalue weighted by atomic mass is 9.52. The molecule has 7 atom stereocenters. The van der Waals surface area contributed by atoms with Crippen LogP contribution in [0.25, 0.3) is 32.2 Å². The van der Waals surface area contributed by atoms with Crippen molar-refractivity contribution in [3.05, 3.63) is 34.9 Å². The zero-order valence-electron chi connectivity index (χ0n) is 26.7. The number of Topliss-reactive ketones (excluding diaryl/α,β-unsaturated/α-hetero) is 1. The van der Waals surface area contributed by atoms with Crippen LogP contribution >= 0.6 is 22.9 Å². The summed E-state index contributed by atoms with van der Waals surface area (Å²) in [7, 11) is 0. The van der Waals surface area contributed by atoms with Crippen molar-refractivity contribution in [2.45, 2.75) is 56.3 Å². The van der Waals surface area contributed by atoms with Crippen molar-refractivity contribution in [1.82, 2.24) is 25.2 Å². The van der Waals surface area contributed by atoms with E-state index in [1.165, 1.54) is 12.1 Å². The summed E-state index contributed by atoms with van der Waals surface area (Å²) in [4.78, 5) is 31.6. The average molecular weight is 710 g/mol. The molecule has 2 aromatic carbocycles. The molecular weight excluding hydrogens is 675 g/mol. The maximum atomic E-state index is 17.0. The maximum Gasteiger partial charge on any atom is 0.319 e. The monoisotopic (exact) mass is 709 g/mol. The molecule has 2 saturated carbocycles. The van der Waals surface area contributed by atoms with E-state index in [-0.39, 0.29) is 55.5 Å². The Morgan fingerprint density at radius 1 is 1.14 bits per heavy atom. The third-order valence-electron chi connectivity index (χ3n) is 12.4. The second-order valence-corrected chi connectivity index (χ2v) is 16.7. The van der Waals surface area contributed by atoms with Crippen LogP contribution in [0.3, 0.4) is 0 Å². The summed E-state index contributed by atoms with van der Waals surface area (Å²) in [5.41, 5.74) is 5.90. The van der Waals surface area contributed by atoms with Gasteiger partial charge >= 0.3 is 6.01 Å². The summed E-state index contributed by atoms with van der Waals surface area (Å²) in [6.07, 6.45) is 3.93. The number of carbonyl (C=O) groups excluding carboxylic acids is 1. The van der Waals surface area contributed by atoms with E-state index in [1.54, 1.807) is 6.07 Å². The van der Waals surface area contributed by atoms with Crippen molar-refractivity contribution in [2.75, 3.05) is 50.0 Å². The molecule has 0 spiro atoms. The minimum Gasteiger partial charge on any atom is -0.461 e. The number of benzene rings is 2. The van der Waals surface area contributed by atoms with E-state index < -0.39 is 23.3 Å². The highest BCUT2D eigenvalue weighted by Gasteiger charge is 2.66. The largest absolute Gasteiger partial charge is 0.461 e. The number of nitrogens with zero attached hydrogens (tertiary/aromatic N) is 5. The average Bonchev–Trinajstić information content (AvgIpc) is 3.53. The van der Waals surface area contributed by atoms with E-state index in [2.05, 4.69) is 25.1 Å². The highest BCUT2D eigenvalue weighted by molar-refractivity contribution is 7.22. The normalized spacial score (nSPS) is 33.2. The van der Waals surface area contributed by atoms with Gasteiger partial charge in [0.15, 0.2) is 16.7 Å². The van der Waals surface area contributed by atoms with Gasteiger partial charge in [-0.15, -0.1) is 0 Å². The van der Waals surface area contributed by atoms with Gasteiger partial charge in [0, 0.05) is 54.5 Å². The van der Waals surface area contributed by atoms with Crippen LogP contribution in [0.15, 0.2) is 18.2 Å². The van der Waals surface area contributed by atoms with E-state index in [9.17, 15) is 13.6 Å². The number of halogens is 4. The molecule has 6 heterocycles. The molecule has 4 saturated heterocycles. The molecule has 6 fully saturated rings. The first-order chi connectivity index (χ1) is 23.6. The Balaban J connectivity index is 1.07. The first kappa shape index (κ1) is 30.6. The van der Waals surface area contributed by atoms with Crippen LogP contribution in [0.5, 0.6) is 6.01 Å². The Hall–Kier alpha value is -3.26. The molecule has 9 nitrogen and oxygen atoms in total. The van der Waals surface area contributed by atoms with E-state index >= 15 is 4.39 Å². The van der Waals surface area contributed by atoms with E-state index in [0.717, 1.165) is 56.5 Å². The predicted molar refractivity (Wildman–Crippen MR) is 182 cm³/mol. The molecule has 2 aliphatic carbocycles. The Morgan fingerprint density at radius 3 is 2.84 bits per heavy atom. The molecule has 256 valence electrons. The quantitative estimate of drug-likeness (QED) is 0.231. The fourth-order valence-corrected chi connectivity index (χ4v) is 11.4. The van der Waals surface area contributed by atoms with Gasteiger partial charge in [0.25, 0.3) is 0 Å². The Labute approximate surface area is 289 Å². The lowest BCUT2D eigenvalue weighted by molar-refractivity contribution is -0.142. The number of ether oxygens (including phenoxy) is 1. The van der Waals surface area contributed by atoms with Gasteiger partial charge in [-0.1, -0.05) is 22.9 Å². The summed E-state index contributed by atoms with van der Waals surface area (Å²) in [6.45, 7) is 3.53. The fourth-order valence-electron chi connectivity index (χ4n) is 10.4. The standard InChI is InChI=1S/C35H35ClF3N7O2S/c36-22-7-20-27(26(39)25(22)19-2-3-23(38)29-28(19)42-32(40)49-29)43-33(48-15-34-4-1-5-46(34)14-18(37)10-34)44-31(20)45-12-16-6-21-17(13-45)9-35(21,8-16)30(47)24-11-41-24/h2-3,7,16-18,21,24,41H,1,4-6,8-15H2,(H2,40,42)/t16?,17?,18-,21?,24+,34+,35-/m1/s1. The summed E-state index contributed by atoms with van der Waals surface area (Å²) in [6, 6.07) is 4.43. The minimum atomic E-state index is -0.920. The summed E-state index contributed by atoms with van der Waals surface area (Å²) in [5.74, 6) is 0.670. The molecule has 0 radical (unpaired) electrons. The Kier molecular flexibility index (Phi) is 6.63. The number of hydrogen-bond acceptors (Lipinski definition) is 10. The number of alkyl halides is 1. The predicted octanol–water partition coefficient (Wildman–Crippen LogP) is 5.77. The zero-order chi connectivity index (χ0) is 33.4. The van der Waals surface area contributed by atoms with Crippen molar-refractivity contribution >= 4 is 60.8 Å². The van der Waals surface area contributed by atoms with Crippen LogP contribution in [-0.2, 0) is 4.79 Å². The van der Waals surface area contributed by atoms with Crippen LogP contribution in [0, 0.1) is 34.8 Å². The van der Waals surface area contributed by atoms with Gasteiger partial charge in [0.2, 0.25) is 0 Å². The Bertz CT molecular complexity index is 2080. The molecule has 14 heteroatoms. The molecular formula is C35H35ClF3N7O2S. The van der Waals surface area contributed by atoms with Gasteiger partial charge in [-0.05, 0) is 74.6 Å². The molecule has 49 heavy (non-hydrogen) atoms. The number of hydrogen-bond donors (Lipinski definition) is 2. The molecule has 4 aromatic rings. The van der Waals surface area contributed by atoms with Crippen LogP contribution in [-0.4, -0.2) is 82.7 Å². The van der Waals surface area contributed by atoms with Gasteiger partial charge in [-0.3, -0.25) is 9.69 Å². The van der Waals surface area contributed by atoms with E-state index in [0.29, 0.717) is 66.4 Å². The number of aromatic nitrogens is 3. The number of carbonyl (C=O) groups is 1. The van der Waals surface area contributed by atoms with Crippen LogP contribution < -0.4 is 20.7 Å². The van der Waals surface area contributed by atoms with Crippen LogP contribution in [0.4, 0.5) is 24.1 Å². The number of nitrogens with two attached hydrogens (primary N) is 1. The maximum absolute atomic E-state index is 17.0. The van der Waals surface area contributed by atoms with Crippen molar-refractivity contribution in [1.29, 1.82) is 0 Å². The van der Waals surface area contributed by atoms with Crippen LogP contribution in [0.2, 0.25) is 5.02 Å². The smallest absolute Gasteiger partial charge is 0.319 e. The lowest BCUT2D eigenvalue weighted by Crippen LogP contribution is -2.55. The second-order valence-electron chi connectivity index (χ2n) is 15.2. The highest BCUT2D eigenvalue weighted by Crippen LogP contribution is 2.65. The number of fused-ring (bicyclic) bond motifs is 4. The topological polar surface area (TPSA) is 119 Å². The fraction of sp³-hybridized carbons (Fsp3) is 0.543. The first-order valence-corrected chi connectivity index (χ1v) is 18.4. The Morgan fingerprint density at radius 2 is 2.00 bits per heavy atom. The van der Waals surface area contributed by atoms with Gasteiger partial charge in [0.05, 0.1) is 26.8 Å². The van der Waals surface area contributed by atoms with Crippen LogP contribution in [0.1, 0.15) is 38.5 Å². The molecule has 0 amide bonds. The summed E-state index contributed by atoms with van der Waals surface area (Å²) >= 11 is 7.89. The van der Waals surface area contributed by atoms with Crippen molar-refractivity contribution < 1.29 is 22.7 Å². The molecule has 3 N–H and O–H groups in total. The second kappa shape index (κ2) is 10.6. The molecule has 3 unspecified atom stereocenters. The van der Waals surface area contributed by atoms with Gasteiger partial charge < -0.3 is 20.7 Å². The number of nitrogen functional groups attached to an aromatic ring is 1. The first-order valence-electron chi connectivity index (χ1n) is 17.2. The summed E-state index contributed by atoms with van der Waals surface area (Å²) < 4.78 is 52.9. The molecule has 2 aromatic heterocycles. The number of anilines is 2. The van der Waals surface area contributed by atoms with Gasteiger partial charge in [-0.2, -0.15) is 9.97 Å². The number of thiazole rings is 1. The van der Waals surface area contributed by atoms with Crippen molar-refractivity contribution in [3.63, 3.8) is 0 Å². The highest BCUT2D eigenvalue weighted by atomic mass is 35.5. The lowest BCUT2D eigenvalue weighted by Gasteiger charge is -2.52. The van der Waals surface area contributed by atoms with Gasteiger partial charge in [0.1, 0.15) is 29.9 Å². The third-order valence-corrected chi connectivity index (χ3v) is 13.6. The van der Waals surface area contributed by atoms with E-state index in [4.69, 9.17) is 27.1 Å². The van der Waals surface area contributed by atoms with Gasteiger partial charge in [-0.25, -0.2) is 18.2 Å². The van der Waals surface area contributed by atoms with Crippen molar-refractivity contribution in [3.8, 4) is 17.1 Å². The molecule has 6 aliphatic rings.